The van der Waals surface area contributed by atoms with Crippen LogP contribution in [0.25, 0.3) is 0 Å². The summed E-state index contributed by atoms with van der Waals surface area (Å²) in [7, 11) is 4.70. The Hall–Kier alpha value is -2.32. The highest BCUT2D eigenvalue weighted by molar-refractivity contribution is 5.99. The van der Waals surface area contributed by atoms with Gasteiger partial charge in [-0.2, -0.15) is 0 Å². The summed E-state index contributed by atoms with van der Waals surface area (Å²) < 4.78 is 15.9. The largest absolute Gasteiger partial charge is 0.493 e. The molecule has 8 nitrogen and oxygen atoms in total. The highest BCUT2D eigenvalue weighted by atomic mass is 16.5. The number of hydroxylamine groups is 1. The number of amides is 2. The molecule has 0 aliphatic carbocycles. The topological polar surface area (TPSA) is 97.3 Å². The second kappa shape index (κ2) is 8.68. The van der Waals surface area contributed by atoms with Gasteiger partial charge in [-0.25, -0.2) is 5.48 Å². The van der Waals surface area contributed by atoms with Crippen molar-refractivity contribution in [3.63, 3.8) is 0 Å². The first-order chi connectivity index (χ1) is 12.1. The maximum Gasteiger partial charge on any atom is 0.266 e. The Bertz CT molecular complexity index is 634. The fraction of sp³-hybridized carbons (Fsp3) is 0.529. The maximum atomic E-state index is 12.8. The predicted octanol–water partition coefficient (Wildman–Crippen LogP) is 1.00. The van der Waals surface area contributed by atoms with E-state index in [0.29, 0.717) is 43.1 Å². The van der Waals surface area contributed by atoms with Crippen LogP contribution in [-0.2, 0) is 16.0 Å². The Kier molecular flexibility index (Phi) is 6.60. The van der Waals surface area contributed by atoms with E-state index in [0.717, 1.165) is 12.0 Å². The second-order valence-corrected chi connectivity index (χ2v) is 5.75. The van der Waals surface area contributed by atoms with Crippen molar-refractivity contribution in [2.45, 2.75) is 25.3 Å². The van der Waals surface area contributed by atoms with Gasteiger partial charge in [0.15, 0.2) is 11.5 Å². The molecule has 0 radical (unpaired) electrons. The molecule has 1 atom stereocenters. The summed E-state index contributed by atoms with van der Waals surface area (Å²) in [4.78, 5) is 25.8. The Balaban J connectivity index is 2.29. The summed E-state index contributed by atoms with van der Waals surface area (Å²) in [6.07, 6.45) is 1.95. The molecule has 25 heavy (non-hydrogen) atoms. The number of hydrogen-bond donors (Lipinski definition) is 2. The number of ether oxygens (including phenoxy) is 3. The van der Waals surface area contributed by atoms with Gasteiger partial charge in [-0.1, -0.05) is 0 Å². The molecular weight excluding hydrogens is 328 g/mol. The lowest BCUT2D eigenvalue weighted by atomic mass is 9.98. The van der Waals surface area contributed by atoms with Crippen molar-refractivity contribution in [2.75, 3.05) is 34.5 Å². The van der Waals surface area contributed by atoms with Gasteiger partial charge in [-0.3, -0.25) is 14.8 Å². The Morgan fingerprint density at radius 1 is 1.28 bits per heavy atom. The summed E-state index contributed by atoms with van der Waals surface area (Å²) in [6.45, 7) is 1.05. The van der Waals surface area contributed by atoms with Crippen molar-refractivity contribution in [1.29, 1.82) is 0 Å². The van der Waals surface area contributed by atoms with Crippen molar-refractivity contribution in [3.8, 4) is 11.5 Å². The lowest BCUT2D eigenvalue weighted by Gasteiger charge is -2.39. The molecule has 2 amide bonds. The molecule has 1 unspecified atom stereocenters. The molecule has 8 heteroatoms. The van der Waals surface area contributed by atoms with E-state index in [1.807, 2.05) is 0 Å². The first-order valence-corrected chi connectivity index (χ1v) is 8.06. The summed E-state index contributed by atoms with van der Waals surface area (Å²) in [6, 6.07) is 2.71. The van der Waals surface area contributed by atoms with Crippen LogP contribution in [0.5, 0.6) is 11.5 Å². The molecule has 1 heterocycles. The predicted molar refractivity (Wildman–Crippen MR) is 89.1 cm³/mol. The molecule has 138 valence electrons. The number of aryl methyl sites for hydroxylation is 1. The highest BCUT2D eigenvalue weighted by Gasteiger charge is 2.38. The SMILES string of the molecule is COCCCc1cc(C(=O)N2CCC2C(=O)NO)cc(OC)c1OC. The van der Waals surface area contributed by atoms with Crippen LogP contribution in [0.2, 0.25) is 0 Å². The summed E-state index contributed by atoms with van der Waals surface area (Å²) in [5, 5.41) is 8.77. The third-order valence-corrected chi connectivity index (χ3v) is 4.29. The number of hydrogen-bond acceptors (Lipinski definition) is 6. The number of carbonyl (C=O) groups is 2. The van der Waals surface area contributed by atoms with Crippen LogP contribution in [0, 0.1) is 0 Å². The molecule has 0 bridgehead atoms. The van der Waals surface area contributed by atoms with E-state index in [1.54, 1.807) is 31.8 Å². The van der Waals surface area contributed by atoms with E-state index in [1.165, 1.54) is 12.0 Å². The van der Waals surface area contributed by atoms with Crippen LogP contribution in [0.3, 0.4) is 0 Å². The van der Waals surface area contributed by atoms with Crippen molar-refractivity contribution in [3.05, 3.63) is 23.3 Å². The minimum absolute atomic E-state index is 0.284. The Morgan fingerprint density at radius 3 is 2.56 bits per heavy atom. The number of nitrogens with zero attached hydrogens (tertiary/aromatic N) is 1. The van der Waals surface area contributed by atoms with Crippen molar-refractivity contribution >= 4 is 11.8 Å². The van der Waals surface area contributed by atoms with Crippen LogP contribution >= 0.6 is 0 Å². The normalized spacial score (nSPS) is 16.2. The minimum Gasteiger partial charge on any atom is -0.493 e. The summed E-state index contributed by atoms with van der Waals surface area (Å²) in [5.74, 6) is 0.182. The zero-order chi connectivity index (χ0) is 18.4. The molecule has 1 fully saturated rings. The number of carbonyl (C=O) groups excluding carboxylic acids is 2. The molecule has 2 N–H and O–H groups in total. The molecule has 1 aromatic rings. The molecule has 1 saturated heterocycles. The molecule has 1 aliphatic rings. The van der Waals surface area contributed by atoms with Crippen LogP contribution in [-0.4, -0.2) is 62.4 Å². The number of likely N-dealkylation sites (tertiary alicyclic amines) is 1. The summed E-state index contributed by atoms with van der Waals surface area (Å²) in [5.41, 5.74) is 2.85. The van der Waals surface area contributed by atoms with Crippen molar-refractivity contribution in [2.24, 2.45) is 0 Å². The smallest absolute Gasteiger partial charge is 0.266 e. The van der Waals surface area contributed by atoms with Gasteiger partial charge in [0.05, 0.1) is 14.2 Å². The molecule has 0 saturated carbocycles. The molecule has 0 aromatic heterocycles. The third kappa shape index (κ3) is 4.02. The van der Waals surface area contributed by atoms with E-state index in [2.05, 4.69) is 0 Å². The Morgan fingerprint density at radius 2 is 2.04 bits per heavy atom. The number of nitrogens with one attached hydrogen (secondary N) is 1. The van der Waals surface area contributed by atoms with E-state index in [9.17, 15) is 9.59 Å². The van der Waals surface area contributed by atoms with Gasteiger partial charge in [0, 0.05) is 25.8 Å². The molecular formula is C17H24N2O6. The first-order valence-electron chi connectivity index (χ1n) is 8.06. The fourth-order valence-corrected chi connectivity index (χ4v) is 2.90. The van der Waals surface area contributed by atoms with Crippen LogP contribution in [0.15, 0.2) is 12.1 Å². The fourth-order valence-electron chi connectivity index (χ4n) is 2.90. The second-order valence-electron chi connectivity index (χ2n) is 5.75. The highest BCUT2D eigenvalue weighted by Crippen LogP contribution is 2.34. The maximum absolute atomic E-state index is 12.8. The lowest BCUT2D eigenvalue weighted by molar-refractivity contribution is -0.137. The third-order valence-electron chi connectivity index (χ3n) is 4.29. The molecule has 1 aromatic carbocycles. The van der Waals surface area contributed by atoms with Gasteiger partial charge in [-0.05, 0) is 37.0 Å². The number of benzene rings is 1. The number of rotatable bonds is 8. The molecule has 0 spiro atoms. The lowest BCUT2D eigenvalue weighted by Crippen LogP contribution is -2.57. The molecule has 2 rings (SSSR count). The van der Waals surface area contributed by atoms with Crippen LogP contribution in [0.4, 0.5) is 0 Å². The van der Waals surface area contributed by atoms with Gasteiger partial charge in [0.2, 0.25) is 0 Å². The minimum atomic E-state index is -0.650. The molecule has 1 aliphatic heterocycles. The average molecular weight is 352 g/mol. The summed E-state index contributed by atoms with van der Waals surface area (Å²) >= 11 is 0. The van der Waals surface area contributed by atoms with Gasteiger partial charge < -0.3 is 19.1 Å². The Labute approximate surface area is 146 Å². The van der Waals surface area contributed by atoms with Crippen molar-refractivity contribution < 1.29 is 29.0 Å². The van der Waals surface area contributed by atoms with E-state index < -0.39 is 11.9 Å². The quantitative estimate of drug-likeness (QED) is 0.412. The van der Waals surface area contributed by atoms with Gasteiger partial charge >= 0.3 is 0 Å². The van der Waals surface area contributed by atoms with Gasteiger partial charge in [0.25, 0.3) is 11.8 Å². The van der Waals surface area contributed by atoms with Crippen LogP contribution in [0.1, 0.15) is 28.8 Å². The first kappa shape index (κ1) is 19.0. The zero-order valence-electron chi connectivity index (χ0n) is 14.7. The standard InChI is InChI=1S/C17H24N2O6/c1-23-8-4-5-11-9-12(10-14(24-2)15(11)25-3)17(21)19-7-6-13(19)16(20)18-22/h9-10,13,22H,4-8H2,1-3H3,(H,18,20). The zero-order valence-corrected chi connectivity index (χ0v) is 14.7. The average Bonchev–Trinajstić information content (AvgIpc) is 2.59. The van der Waals surface area contributed by atoms with Gasteiger partial charge in [0.1, 0.15) is 6.04 Å². The van der Waals surface area contributed by atoms with E-state index in [-0.39, 0.29) is 5.91 Å². The van der Waals surface area contributed by atoms with E-state index >= 15 is 0 Å². The van der Waals surface area contributed by atoms with Gasteiger partial charge in [-0.15, -0.1) is 0 Å². The van der Waals surface area contributed by atoms with E-state index in [4.69, 9.17) is 19.4 Å². The number of methoxy groups -OCH3 is 3. The van der Waals surface area contributed by atoms with Crippen LogP contribution < -0.4 is 15.0 Å². The van der Waals surface area contributed by atoms with Crippen molar-refractivity contribution in [1.82, 2.24) is 10.4 Å². The monoisotopic (exact) mass is 352 g/mol.